The molecule has 1 fully saturated rings. The summed E-state index contributed by atoms with van der Waals surface area (Å²) in [7, 11) is 0. The molecule has 0 aliphatic heterocycles. The molecule has 21 heavy (non-hydrogen) atoms. The van der Waals surface area contributed by atoms with Gasteiger partial charge in [-0.3, -0.25) is 4.98 Å². The van der Waals surface area contributed by atoms with Gasteiger partial charge in [0.25, 0.3) is 0 Å². The Morgan fingerprint density at radius 3 is 2.67 bits per heavy atom. The van der Waals surface area contributed by atoms with E-state index in [1.807, 2.05) is 18.3 Å². The predicted molar refractivity (Wildman–Crippen MR) is 91.1 cm³/mol. The van der Waals surface area contributed by atoms with Crippen LogP contribution >= 0.6 is 11.6 Å². The fourth-order valence-electron chi connectivity index (χ4n) is 3.66. The number of hydrogen-bond acceptors (Lipinski definition) is 2. The minimum atomic E-state index is 0.488. The molecule has 2 atom stereocenters. The van der Waals surface area contributed by atoms with Crippen LogP contribution in [-0.4, -0.2) is 11.0 Å². The highest BCUT2D eigenvalue weighted by atomic mass is 35.5. The van der Waals surface area contributed by atoms with E-state index in [-0.39, 0.29) is 0 Å². The maximum atomic E-state index is 6.53. The van der Waals surface area contributed by atoms with Gasteiger partial charge in [-0.05, 0) is 55.4 Å². The summed E-state index contributed by atoms with van der Waals surface area (Å²) in [5, 5.41) is 5.68. The van der Waals surface area contributed by atoms with E-state index in [4.69, 9.17) is 11.6 Å². The third-order valence-corrected chi connectivity index (χ3v) is 5.19. The van der Waals surface area contributed by atoms with Crippen molar-refractivity contribution >= 4 is 28.2 Å². The van der Waals surface area contributed by atoms with Gasteiger partial charge in [-0.2, -0.15) is 0 Å². The van der Waals surface area contributed by atoms with E-state index in [1.54, 1.807) is 0 Å². The summed E-state index contributed by atoms with van der Waals surface area (Å²) in [5.41, 5.74) is 3.22. The fourth-order valence-corrected chi connectivity index (χ4v) is 3.98. The molecule has 3 rings (SSSR count). The second-order valence-corrected chi connectivity index (χ2v) is 6.91. The largest absolute Gasteiger partial charge is 0.380 e. The van der Waals surface area contributed by atoms with Crippen LogP contribution in [0.1, 0.15) is 38.7 Å². The zero-order chi connectivity index (χ0) is 15.0. The number of nitrogens with one attached hydrogen (secondary N) is 1. The van der Waals surface area contributed by atoms with Gasteiger partial charge < -0.3 is 5.32 Å². The summed E-state index contributed by atoms with van der Waals surface area (Å²) in [4.78, 5) is 4.52. The highest BCUT2D eigenvalue weighted by Gasteiger charge is 2.28. The number of hydrogen-bond donors (Lipinski definition) is 1. The molecule has 0 spiro atoms. The van der Waals surface area contributed by atoms with Crippen LogP contribution < -0.4 is 5.32 Å². The molecule has 2 aromatic rings. The third-order valence-electron chi connectivity index (χ3n) is 4.89. The number of benzene rings is 1. The van der Waals surface area contributed by atoms with Gasteiger partial charge >= 0.3 is 0 Å². The van der Waals surface area contributed by atoms with Crippen molar-refractivity contribution in [1.29, 1.82) is 0 Å². The summed E-state index contributed by atoms with van der Waals surface area (Å²) in [6.07, 6.45) is 5.77. The molecule has 0 radical (unpaired) electrons. The average molecular weight is 303 g/mol. The SMILES string of the molecule is Cc1cc(Cl)c(NC2C(C)CCCC2C)c2cccnc12. The molecule has 1 aliphatic rings. The fraction of sp³-hybridized carbons (Fsp3) is 0.500. The Kier molecular flexibility index (Phi) is 4.08. The van der Waals surface area contributed by atoms with Crippen LogP contribution in [-0.2, 0) is 0 Å². The standard InChI is InChI=1S/C18H23ClN2/c1-11-6-4-7-12(2)16(11)21-18-14-8-5-9-20-17(14)13(3)10-15(18)19/h5,8-12,16,21H,4,6-7H2,1-3H3. The van der Waals surface area contributed by atoms with Crippen molar-refractivity contribution in [2.75, 3.05) is 5.32 Å². The van der Waals surface area contributed by atoms with Gasteiger partial charge in [0.15, 0.2) is 0 Å². The number of rotatable bonds is 2. The second-order valence-electron chi connectivity index (χ2n) is 6.51. The first-order chi connectivity index (χ1) is 10.1. The van der Waals surface area contributed by atoms with E-state index in [9.17, 15) is 0 Å². The van der Waals surface area contributed by atoms with Crippen LogP contribution in [0.25, 0.3) is 10.9 Å². The van der Waals surface area contributed by atoms with Gasteiger partial charge in [-0.1, -0.05) is 31.9 Å². The minimum Gasteiger partial charge on any atom is -0.380 e. The molecule has 2 nitrogen and oxygen atoms in total. The molecule has 1 heterocycles. The molecule has 1 N–H and O–H groups in total. The molecule has 0 saturated heterocycles. The molecule has 1 aromatic carbocycles. The number of anilines is 1. The first-order valence-electron chi connectivity index (χ1n) is 7.88. The van der Waals surface area contributed by atoms with E-state index < -0.39 is 0 Å². The maximum absolute atomic E-state index is 6.53. The van der Waals surface area contributed by atoms with E-state index >= 15 is 0 Å². The van der Waals surface area contributed by atoms with Crippen molar-refractivity contribution in [3.8, 4) is 0 Å². The Balaban J connectivity index is 2.04. The monoisotopic (exact) mass is 302 g/mol. The Morgan fingerprint density at radius 2 is 1.95 bits per heavy atom. The van der Waals surface area contributed by atoms with E-state index in [0.29, 0.717) is 17.9 Å². The molecule has 0 amide bonds. The lowest BCUT2D eigenvalue weighted by molar-refractivity contribution is 0.268. The van der Waals surface area contributed by atoms with Crippen molar-refractivity contribution < 1.29 is 0 Å². The van der Waals surface area contributed by atoms with Crippen molar-refractivity contribution in [3.05, 3.63) is 35.0 Å². The number of pyridine rings is 1. The van der Waals surface area contributed by atoms with Gasteiger partial charge in [0.05, 0.1) is 16.2 Å². The van der Waals surface area contributed by atoms with Crippen LogP contribution in [0.5, 0.6) is 0 Å². The van der Waals surface area contributed by atoms with E-state index in [0.717, 1.165) is 27.2 Å². The summed E-state index contributed by atoms with van der Waals surface area (Å²) in [6, 6.07) is 6.61. The first-order valence-corrected chi connectivity index (χ1v) is 8.26. The van der Waals surface area contributed by atoms with Gasteiger partial charge in [0.1, 0.15) is 0 Å². The van der Waals surface area contributed by atoms with Crippen molar-refractivity contribution in [1.82, 2.24) is 4.98 Å². The zero-order valence-corrected chi connectivity index (χ0v) is 13.7. The molecular formula is C18H23ClN2. The third kappa shape index (κ3) is 2.74. The lowest BCUT2D eigenvalue weighted by Crippen LogP contribution is -2.37. The van der Waals surface area contributed by atoms with Gasteiger partial charge in [-0.25, -0.2) is 0 Å². The molecule has 1 aromatic heterocycles. The Morgan fingerprint density at radius 1 is 1.24 bits per heavy atom. The zero-order valence-electron chi connectivity index (χ0n) is 13.0. The van der Waals surface area contributed by atoms with Crippen LogP contribution in [0.3, 0.4) is 0 Å². The molecule has 1 aliphatic carbocycles. The van der Waals surface area contributed by atoms with E-state index in [1.165, 1.54) is 19.3 Å². The van der Waals surface area contributed by atoms with Crippen LogP contribution in [0.15, 0.2) is 24.4 Å². The summed E-state index contributed by atoms with van der Waals surface area (Å²) < 4.78 is 0. The Bertz CT molecular complexity index is 643. The van der Waals surface area contributed by atoms with E-state index in [2.05, 4.69) is 37.1 Å². The highest BCUT2D eigenvalue weighted by Crippen LogP contribution is 2.37. The van der Waals surface area contributed by atoms with Crippen LogP contribution in [0.4, 0.5) is 5.69 Å². The predicted octanol–water partition coefficient (Wildman–Crippen LogP) is 5.43. The summed E-state index contributed by atoms with van der Waals surface area (Å²) in [6.45, 7) is 6.75. The number of nitrogens with zero attached hydrogens (tertiary/aromatic N) is 1. The Labute approximate surface area is 131 Å². The van der Waals surface area contributed by atoms with Crippen molar-refractivity contribution in [2.45, 2.75) is 46.1 Å². The smallest absolute Gasteiger partial charge is 0.0752 e. The lowest BCUT2D eigenvalue weighted by atomic mass is 9.78. The van der Waals surface area contributed by atoms with Crippen molar-refractivity contribution in [3.63, 3.8) is 0 Å². The first kappa shape index (κ1) is 14.6. The van der Waals surface area contributed by atoms with Gasteiger partial charge in [0.2, 0.25) is 0 Å². The molecule has 2 unspecified atom stereocenters. The maximum Gasteiger partial charge on any atom is 0.0752 e. The highest BCUT2D eigenvalue weighted by molar-refractivity contribution is 6.35. The minimum absolute atomic E-state index is 0.488. The number of halogens is 1. The molecule has 0 bridgehead atoms. The van der Waals surface area contributed by atoms with Crippen LogP contribution in [0.2, 0.25) is 5.02 Å². The molecule has 112 valence electrons. The molecule has 3 heteroatoms. The quantitative estimate of drug-likeness (QED) is 0.799. The summed E-state index contributed by atoms with van der Waals surface area (Å²) >= 11 is 6.53. The van der Waals surface area contributed by atoms with Crippen molar-refractivity contribution in [2.24, 2.45) is 11.8 Å². The molecule has 1 saturated carbocycles. The van der Waals surface area contributed by atoms with Gasteiger partial charge in [-0.15, -0.1) is 0 Å². The Hall–Kier alpha value is -1.28. The molecular weight excluding hydrogens is 280 g/mol. The average Bonchev–Trinajstić information content (AvgIpc) is 2.46. The lowest BCUT2D eigenvalue weighted by Gasteiger charge is -2.36. The number of fused-ring (bicyclic) bond motifs is 1. The van der Waals surface area contributed by atoms with Crippen LogP contribution in [0, 0.1) is 18.8 Å². The number of aryl methyl sites for hydroxylation is 1. The van der Waals surface area contributed by atoms with Gasteiger partial charge in [0, 0.05) is 17.6 Å². The topological polar surface area (TPSA) is 24.9 Å². The summed E-state index contributed by atoms with van der Waals surface area (Å²) in [5.74, 6) is 1.36. The number of aromatic nitrogens is 1. The second kappa shape index (κ2) is 5.84. The normalized spacial score (nSPS) is 26.0.